The molecule has 3 rings (SSSR count). The van der Waals surface area contributed by atoms with Crippen LogP contribution < -0.4 is 0 Å². The average molecular weight is 467 g/mol. The minimum absolute atomic E-state index is 0.0873. The molecule has 2 N–H and O–H groups in total. The molecular weight excluding hydrogens is 412 g/mol. The number of aliphatic hydroxyl groups excluding tert-OH is 2. The number of rotatable bonds is 6. The van der Waals surface area contributed by atoms with Gasteiger partial charge >= 0.3 is 0 Å². The third-order valence-corrected chi connectivity index (χ3v) is 11.2. The van der Waals surface area contributed by atoms with Crippen LogP contribution >= 0.6 is 12.6 Å². The van der Waals surface area contributed by atoms with Gasteiger partial charge in [-0.2, -0.15) is 12.6 Å². The van der Waals surface area contributed by atoms with Gasteiger partial charge in [-0.05, 0) is 85.4 Å². The van der Waals surface area contributed by atoms with E-state index in [1.54, 1.807) is 0 Å². The minimum atomic E-state index is -0.552. The third-order valence-electron chi connectivity index (χ3n) is 10.7. The summed E-state index contributed by atoms with van der Waals surface area (Å²) in [6.45, 7) is 14.3. The molecule has 0 aromatic rings. The lowest BCUT2D eigenvalue weighted by atomic mass is 9.46. The normalized spacial score (nSPS) is 46.5. The maximum Gasteiger partial charge on any atom is 0.0832 e. The van der Waals surface area contributed by atoms with Gasteiger partial charge in [-0.3, -0.25) is 0 Å². The van der Waals surface area contributed by atoms with Crippen molar-refractivity contribution in [2.75, 3.05) is 0 Å². The van der Waals surface area contributed by atoms with Crippen LogP contribution in [0.15, 0.2) is 0 Å². The Bertz CT molecular complexity index is 590. The fourth-order valence-corrected chi connectivity index (χ4v) is 9.33. The molecule has 10 atom stereocenters. The Hall–Kier alpha value is 0.270. The summed E-state index contributed by atoms with van der Waals surface area (Å²) in [6, 6.07) is 0. The van der Waals surface area contributed by atoms with Crippen LogP contribution in [0.1, 0.15) is 119 Å². The first-order valence-corrected chi connectivity index (χ1v) is 14.6. The van der Waals surface area contributed by atoms with Gasteiger partial charge in [-0.1, -0.05) is 80.1 Å². The van der Waals surface area contributed by atoms with E-state index >= 15 is 0 Å². The van der Waals surface area contributed by atoms with Crippen molar-refractivity contribution in [2.45, 2.75) is 136 Å². The first-order chi connectivity index (χ1) is 15.0. The SMILES string of the molecule is CC[C@H]1C(O)C(O)CC2CCC3CCCC(C(C)CCCC(C)C)C(C)(S)CC[C@@H]3C21C. The van der Waals surface area contributed by atoms with Crippen molar-refractivity contribution < 1.29 is 10.2 Å². The lowest BCUT2D eigenvalue weighted by molar-refractivity contribution is -0.177. The predicted octanol–water partition coefficient (Wildman–Crippen LogP) is 7.52. The van der Waals surface area contributed by atoms with Crippen LogP contribution in [0.2, 0.25) is 0 Å². The molecule has 2 nitrogen and oxygen atoms in total. The second-order valence-corrected chi connectivity index (χ2v) is 14.1. The summed E-state index contributed by atoms with van der Waals surface area (Å²) in [4.78, 5) is 0. The Morgan fingerprint density at radius 2 is 1.69 bits per heavy atom. The van der Waals surface area contributed by atoms with Gasteiger partial charge in [0.2, 0.25) is 0 Å². The molecule has 3 aliphatic rings. The first kappa shape index (κ1) is 26.9. The van der Waals surface area contributed by atoms with Gasteiger partial charge in [0.1, 0.15) is 0 Å². The highest BCUT2D eigenvalue weighted by atomic mass is 32.1. The molecule has 0 radical (unpaired) electrons. The fraction of sp³-hybridized carbons (Fsp3) is 1.00. The van der Waals surface area contributed by atoms with E-state index in [-0.39, 0.29) is 16.1 Å². The van der Waals surface area contributed by atoms with Gasteiger partial charge < -0.3 is 10.2 Å². The van der Waals surface area contributed by atoms with Crippen molar-refractivity contribution in [3.8, 4) is 0 Å². The Labute approximate surface area is 205 Å². The van der Waals surface area contributed by atoms with Crippen molar-refractivity contribution in [2.24, 2.45) is 46.8 Å². The highest BCUT2D eigenvalue weighted by molar-refractivity contribution is 7.81. The van der Waals surface area contributed by atoms with Crippen molar-refractivity contribution in [3.05, 3.63) is 0 Å². The minimum Gasteiger partial charge on any atom is -0.390 e. The van der Waals surface area contributed by atoms with Crippen LogP contribution in [0.3, 0.4) is 0 Å². The topological polar surface area (TPSA) is 40.5 Å². The molecule has 0 spiro atoms. The van der Waals surface area contributed by atoms with Crippen molar-refractivity contribution >= 4 is 12.6 Å². The summed E-state index contributed by atoms with van der Waals surface area (Å²) >= 11 is 5.37. The Balaban J connectivity index is 1.79. The maximum absolute atomic E-state index is 11.0. The molecule has 0 saturated heterocycles. The Morgan fingerprint density at radius 1 is 0.969 bits per heavy atom. The molecule has 0 heterocycles. The summed E-state index contributed by atoms with van der Waals surface area (Å²) in [5.41, 5.74) is 0.156. The van der Waals surface area contributed by atoms with Crippen molar-refractivity contribution in [1.82, 2.24) is 0 Å². The zero-order chi connectivity index (χ0) is 23.7. The summed E-state index contributed by atoms with van der Waals surface area (Å²) in [7, 11) is 0. The van der Waals surface area contributed by atoms with Gasteiger partial charge in [0.05, 0.1) is 12.2 Å². The molecule has 3 heteroatoms. The lowest BCUT2D eigenvalue weighted by Crippen LogP contribution is -2.58. The van der Waals surface area contributed by atoms with E-state index < -0.39 is 12.2 Å². The summed E-state index contributed by atoms with van der Waals surface area (Å²) in [5, 5.41) is 21.6. The number of hydrogen-bond donors (Lipinski definition) is 3. The third kappa shape index (κ3) is 5.40. The van der Waals surface area contributed by atoms with E-state index in [2.05, 4.69) is 41.5 Å². The molecule has 3 aliphatic carbocycles. The van der Waals surface area contributed by atoms with E-state index in [1.165, 1.54) is 64.2 Å². The molecule has 188 valence electrons. The standard InChI is InChI=1S/C29H54O2S/c1-7-23-27(31)26(30)18-22-15-14-21-12-9-13-24(20(4)11-8-10-19(2)3)28(5,32)17-16-25(21)29(22,23)6/h19-27,30-32H,7-18H2,1-6H3/t20?,21?,22?,23-,24?,25-,26?,27?,28?,29?/m0/s1. The quantitative estimate of drug-likeness (QED) is 0.354. The highest BCUT2D eigenvalue weighted by Gasteiger charge is 2.57. The molecule has 0 aromatic carbocycles. The van der Waals surface area contributed by atoms with Gasteiger partial charge in [-0.15, -0.1) is 0 Å². The zero-order valence-corrected chi connectivity index (χ0v) is 22.9. The van der Waals surface area contributed by atoms with Crippen LogP contribution in [0.5, 0.6) is 0 Å². The van der Waals surface area contributed by atoms with Crippen molar-refractivity contribution in [3.63, 3.8) is 0 Å². The van der Waals surface area contributed by atoms with Gasteiger partial charge in [-0.25, -0.2) is 0 Å². The number of fused-ring (bicyclic) bond motifs is 3. The van der Waals surface area contributed by atoms with E-state index in [1.807, 2.05) is 0 Å². The predicted molar refractivity (Wildman–Crippen MR) is 140 cm³/mol. The van der Waals surface area contributed by atoms with Gasteiger partial charge in [0, 0.05) is 4.75 Å². The zero-order valence-electron chi connectivity index (χ0n) is 22.0. The van der Waals surface area contributed by atoms with E-state index in [0.717, 1.165) is 30.6 Å². The maximum atomic E-state index is 11.0. The summed E-state index contributed by atoms with van der Waals surface area (Å²) < 4.78 is 0.0873. The van der Waals surface area contributed by atoms with Crippen LogP contribution in [0, 0.1) is 46.8 Å². The number of hydrogen-bond acceptors (Lipinski definition) is 3. The van der Waals surface area contributed by atoms with E-state index in [9.17, 15) is 10.2 Å². The fourth-order valence-electron chi connectivity index (χ4n) is 8.82. The molecule has 0 bridgehead atoms. The average Bonchev–Trinajstić information content (AvgIpc) is 2.77. The van der Waals surface area contributed by atoms with E-state index in [0.29, 0.717) is 17.8 Å². The van der Waals surface area contributed by atoms with E-state index in [4.69, 9.17) is 12.6 Å². The molecule has 0 amide bonds. The van der Waals surface area contributed by atoms with Crippen LogP contribution in [0.25, 0.3) is 0 Å². The Morgan fingerprint density at radius 3 is 2.34 bits per heavy atom. The molecule has 0 aliphatic heterocycles. The van der Waals surface area contributed by atoms with Crippen molar-refractivity contribution in [1.29, 1.82) is 0 Å². The summed E-state index contributed by atoms with van der Waals surface area (Å²) in [5.74, 6) is 4.48. The molecule has 32 heavy (non-hydrogen) atoms. The van der Waals surface area contributed by atoms with Gasteiger partial charge in [0.15, 0.2) is 0 Å². The number of thiol groups is 1. The highest BCUT2D eigenvalue weighted by Crippen LogP contribution is 2.61. The molecule has 3 fully saturated rings. The summed E-state index contributed by atoms with van der Waals surface area (Å²) in [6.07, 6.45) is 13.7. The monoisotopic (exact) mass is 466 g/mol. The first-order valence-electron chi connectivity index (χ1n) is 14.1. The molecule has 3 saturated carbocycles. The van der Waals surface area contributed by atoms with Crippen LogP contribution in [-0.4, -0.2) is 27.2 Å². The lowest BCUT2D eigenvalue weighted by Gasteiger charge is -2.60. The van der Waals surface area contributed by atoms with Crippen LogP contribution in [0.4, 0.5) is 0 Å². The second kappa shape index (κ2) is 10.9. The molecular formula is C29H54O2S. The molecule has 8 unspecified atom stereocenters. The smallest absolute Gasteiger partial charge is 0.0832 e. The number of aliphatic hydroxyl groups is 2. The van der Waals surface area contributed by atoms with Crippen LogP contribution in [-0.2, 0) is 0 Å². The van der Waals surface area contributed by atoms with Gasteiger partial charge in [0.25, 0.3) is 0 Å². The molecule has 0 aromatic heterocycles. The second-order valence-electron chi connectivity index (χ2n) is 13.1. The largest absolute Gasteiger partial charge is 0.390 e. The Kier molecular flexibility index (Phi) is 9.15.